The van der Waals surface area contributed by atoms with Crippen LogP contribution in [-0.2, 0) is 0 Å². The van der Waals surface area contributed by atoms with Crippen LogP contribution in [-0.4, -0.2) is 53.8 Å². The molecular weight excluding hydrogens is 450 g/mol. The van der Waals surface area contributed by atoms with Crippen LogP contribution >= 0.6 is 11.9 Å². The third-order valence-electron chi connectivity index (χ3n) is 6.23. The Hall–Kier alpha value is -2.52. The summed E-state index contributed by atoms with van der Waals surface area (Å²) in [5.74, 6) is 2.90. The highest BCUT2D eigenvalue weighted by molar-refractivity contribution is 7.97. The first-order valence-corrected chi connectivity index (χ1v) is 12.9. The van der Waals surface area contributed by atoms with Gasteiger partial charge in [-0.25, -0.2) is 9.29 Å². The maximum absolute atomic E-state index is 12.8. The number of ether oxygens (including phenoxy) is 2. The molecule has 1 saturated heterocycles. The van der Waals surface area contributed by atoms with Crippen molar-refractivity contribution in [3.8, 4) is 11.5 Å². The van der Waals surface area contributed by atoms with Gasteiger partial charge >= 0.3 is 0 Å². The van der Waals surface area contributed by atoms with Gasteiger partial charge in [0, 0.05) is 31.3 Å². The van der Waals surface area contributed by atoms with Crippen LogP contribution in [0.5, 0.6) is 11.5 Å². The van der Waals surface area contributed by atoms with E-state index in [-0.39, 0.29) is 17.5 Å². The number of H-pyrrole nitrogens is 1. The van der Waals surface area contributed by atoms with E-state index >= 15 is 0 Å². The van der Waals surface area contributed by atoms with Crippen molar-refractivity contribution in [2.24, 2.45) is 0 Å². The van der Waals surface area contributed by atoms with Crippen LogP contribution in [0.2, 0.25) is 0 Å². The van der Waals surface area contributed by atoms with Crippen LogP contribution in [0.1, 0.15) is 69.7 Å². The molecule has 3 rings (SSSR count). The summed E-state index contributed by atoms with van der Waals surface area (Å²) < 4.78 is 13.2. The quantitative estimate of drug-likeness (QED) is 0.284. The zero-order valence-electron chi connectivity index (χ0n) is 20.6. The van der Waals surface area contributed by atoms with Crippen molar-refractivity contribution in [1.82, 2.24) is 14.3 Å². The van der Waals surface area contributed by atoms with Gasteiger partial charge in [0.05, 0.1) is 24.7 Å². The lowest BCUT2D eigenvalue weighted by molar-refractivity contribution is 0.332. The van der Waals surface area contributed by atoms with E-state index in [4.69, 9.17) is 19.9 Å². The molecule has 1 aliphatic rings. The summed E-state index contributed by atoms with van der Waals surface area (Å²) >= 11 is 1.64. The van der Waals surface area contributed by atoms with Gasteiger partial charge in [-0.2, -0.15) is 0 Å². The van der Waals surface area contributed by atoms with E-state index in [1.165, 1.54) is 0 Å². The number of nitrogens with zero attached hydrogens (tertiary/aromatic N) is 2. The fourth-order valence-electron chi connectivity index (χ4n) is 4.20. The van der Waals surface area contributed by atoms with Gasteiger partial charge < -0.3 is 25.2 Å². The summed E-state index contributed by atoms with van der Waals surface area (Å²) in [7, 11) is 3.33. The van der Waals surface area contributed by atoms with E-state index in [1.54, 1.807) is 26.2 Å². The number of anilines is 1. The molecule has 1 fully saturated rings. The lowest BCUT2D eigenvalue weighted by atomic mass is 9.98. The smallest absolute Gasteiger partial charge is 0.261 e. The zero-order valence-corrected chi connectivity index (χ0v) is 21.5. The van der Waals surface area contributed by atoms with Crippen LogP contribution in [0, 0.1) is 5.41 Å². The normalized spacial score (nSPS) is 17.2. The number of methoxy groups -OCH3 is 2. The van der Waals surface area contributed by atoms with Gasteiger partial charge in [-0.05, 0) is 55.8 Å². The van der Waals surface area contributed by atoms with Crippen LogP contribution < -0.4 is 20.3 Å². The highest BCUT2D eigenvalue weighted by Crippen LogP contribution is 2.38. The lowest BCUT2D eigenvalue weighted by Gasteiger charge is -2.31. The molecule has 186 valence electrons. The SMILES string of the molecule is CCCCC(CC)Nc1nc(C2CCCN(Sc3cc(OC)ccc3OC)C2)[nH]c(=O)c1C=N. The molecule has 0 aliphatic carbocycles. The number of aromatic amines is 1. The number of unbranched alkanes of at least 4 members (excludes halogenated alkanes) is 1. The molecule has 8 nitrogen and oxygen atoms in total. The number of nitrogens with one attached hydrogen (secondary N) is 3. The zero-order chi connectivity index (χ0) is 24.5. The Balaban J connectivity index is 1.81. The van der Waals surface area contributed by atoms with Crippen molar-refractivity contribution in [3.63, 3.8) is 0 Å². The third kappa shape index (κ3) is 6.54. The average molecular weight is 488 g/mol. The highest BCUT2D eigenvalue weighted by atomic mass is 32.2. The maximum Gasteiger partial charge on any atom is 0.261 e. The predicted octanol–water partition coefficient (Wildman–Crippen LogP) is 5.05. The van der Waals surface area contributed by atoms with E-state index in [0.717, 1.165) is 74.2 Å². The van der Waals surface area contributed by atoms with Crippen molar-refractivity contribution >= 4 is 24.0 Å². The molecule has 2 aromatic rings. The topological polar surface area (TPSA) is 103 Å². The molecule has 3 N–H and O–H groups in total. The van der Waals surface area contributed by atoms with Gasteiger partial charge in [0.2, 0.25) is 0 Å². The average Bonchev–Trinajstić information content (AvgIpc) is 2.86. The third-order valence-corrected chi connectivity index (χ3v) is 7.33. The first-order chi connectivity index (χ1) is 16.5. The summed E-state index contributed by atoms with van der Waals surface area (Å²) in [6.07, 6.45) is 7.24. The van der Waals surface area contributed by atoms with Crippen LogP contribution in [0.25, 0.3) is 0 Å². The highest BCUT2D eigenvalue weighted by Gasteiger charge is 2.26. The Labute approximate surface area is 206 Å². The molecule has 1 aromatic heterocycles. The molecule has 34 heavy (non-hydrogen) atoms. The Morgan fingerprint density at radius 2 is 2.18 bits per heavy atom. The van der Waals surface area contributed by atoms with Gasteiger partial charge in [0.1, 0.15) is 23.1 Å². The monoisotopic (exact) mass is 487 g/mol. The first kappa shape index (κ1) is 26.1. The molecule has 9 heteroatoms. The summed E-state index contributed by atoms with van der Waals surface area (Å²) in [6, 6.07) is 6.02. The lowest BCUT2D eigenvalue weighted by Crippen LogP contribution is -2.32. The number of rotatable bonds is 12. The molecular formula is C25H37N5O3S. The van der Waals surface area contributed by atoms with E-state index in [1.807, 2.05) is 18.2 Å². The van der Waals surface area contributed by atoms with Crippen LogP contribution in [0.4, 0.5) is 5.82 Å². The second-order valence-corrected chi connectivity index (χ2v) is 9.72. The summed E-state index contributed by atoms with van der Waals surface area (Å²) in [5, 5.41) is 11.2. The van der Waals surface area contributed by atoms with Gasteiger partial charge in [-0.15, -0.1) is 0 Å². The molecule has 2 heterocycles. The van der Waals surface area contributed by atoms with Crippen LogP contribution in [0.15, 0.2) is 27.9 Å². The van der Waals surface area contributed by atoms with E-state index in [2.05, 4.69) is 28.5 Å². The minimum atomic E-state index is -0.257. The standard InChI is InChI=1S/C25H37N5O3S/c1-5-7-10-18(6-2)27-24-20(15-26)25(31)29-23(28-24)17-9-8-13-30(16-17)34-22-14-19(32-3)11-12-21(22)33-4/h11-12,14-15,17-18,26H,5-10,13,16H2,1-4H3,(H2,27,28,29,31). The Bertz CT molecular complexity index is 1010. The maximum atomic E-state index is 12.8. The Kier molecular flexibility index (Phi) is 9.83. The van der Waals surface area contributed by atoms with Gasteiger partial charge in [0.25, 0.3) is 5.56 Å². The summed E-state index contributed by atoms with van der Waals surface area (Å²) in [5.41, 5.74) is 0.0361. The fourth-order valence-corrected chi connectivity index (χ4v) is 5.37. The number of hydrogen-bond acceptors (Lipinski definition) is 8. The second-order valence-electron chi connectivity index (χ2n) is 8.58. The second kappa shape index (κ2) is 12.8. The van der Waals surface area contributed by atoms with Gasteiger partial charge in [-0.1, -0.05) is 26.7 Å². The van der Waals surface area contributed by atoms with E-state index in [9.17, 15) is 4.79 Å². The Morgan fingerprint density at radius 1 is 1.35 bits per heavy atom. The molecule has 0 amide bonds. The number of benzene rings is 1. The molecule has 2 unspecified atom stereocenters. The van der Waals surface area contributed by atoms with E-state index in [0.29, 0.717) is 17.2 Å². The van der Waals surface area contributed by atoms with Gasteiger partial charge in [0.15, 0.2) is 0 Å². The first-order valence-electron chi connectivity index (χ1n) is 12.1. The molecule has 1 aliphatic heterocycles. The molecule has 0 saturated carbocycles. The number of hydrogen-bond donors (Lipinski definition) is 3. The van der Waals surface area contributed by atoms with E-state index < -0.39 is 0 Å². The van der Waals surface area contributed by atoms with Crippen molar-refractivity contribution < 1.29 is 9.47 Å². The minimum Gasteiger partial charge on any atom is -0.497 e. The van der Waals surface area contributed by atoms with Crippen molar-refractivity contribution in [3.05, 3.63) is 39.9 Å². The fraction of sp³-hybridized carbons (Fsp3) is 0.560. The Morgan fingerprint density at radius 3 is 2.85 bits per heavy atom. The summed E-state index contributed by atoms with van der Waals surface area (Å²) in [6.45, 7) is 6.00. The number of aromatic nitrogens is 2. The molecule has 0 radical (unpaired) electrons. The molecule has 0 spiro atoms. The van der Waals surface area contributed by atoms with Crippen molar-refractivity contribution in [2.75, 3.05) is 32.6 Å². The largest absolute Gasteiger partial charge is 0.497 e. The minimum absolute atomic E-state index is 0.0987. The molecule has 0 bridgehead atoms. The van der Waals surface area contributed by atoms with Crippen LogP contribution in [0.3, 0.4) is 0 Å². The van der Waals surface area contributed by atoms with Gasteiger partial charge in [-0.3, -0.25) is 4.79 Å². The summed E-state index contributed by atoms with van der Waals surface area (Å²) in [4.78, 5) is 21.6. The molecule has 1 aromatic carbocycles. The predicted molar refractivity (Wildman–Crippen MR) is 139 cm³/mol. The number of piperidine rings is 1. The van der Waals surface area contributed by atoms with Crippen molar-refractivity contribution in [2.45, 2.75) is 69.2 Å². The van der Waals surface area contributed by atoms with Crippen molar-refractivity contribution in [1.29, 1.82) is 5.41 Å². The molecule has 2 atom stereocenters.